The fourth-order valence-electron chi connectivity index (χ4n) is 3.56. The number of nitrogens with one attached hydrogen (secondary N) is 2. The topological polar surface area (TPSA) is 98.2 Å². The number of aromatic amines is 1. The fourth-order valence-corrected chi connectivity index (χ4v) is 3.73. The summed E-state index contributed by atoms with van der Waals surface area (Å²) in [6, 6.07) is 7.38. The number of aryl methyl sites for hydroxylation is 1. The van der Waals surface area contributed by atoms with E-state index in [2.05, 4.69) is 15.2 Å². The van der Waals surface area contributed by atoms with E-state index in [4.69, 9.17) is 16.3 Å². The zero-order chi connectivity index (χ0) is 21.0. The highest BCUT2D eigenvalue weighted by atomic mass is 35.5. The molecule has 1 aromatic heterocycles. The average Bonchev–Trinajstić information content (AvgIpc) is 2.68. The van der Waals surface area contributed by atoms with Crippen molar-refractivity contribution in [3.8, 4) is 6.07 Å². The molecular formula is C21H23ClN4O3. The van der Waals surface area contributed by atoms with Crippen molar-refractivity contribution in [3.05, 3.63) is 56.0 Å². The molecule has 0 radical (unpaired) electrons. The largest absolute Gasteiger partial charge is 0.378 e. The number of halogens is 1. The predicted octanol–water partition coefficient (Wildman–Crippen LogP) is 2.92. The SMILES string of the molecule is Cc1[nH]c(=O)c(C#N)c(C)c1CCC(=O)Nc1cc(Cl)ccc1N1CCOCC1. The van der Waals surface area contributed by atoms with Gasteiger partial charge in [-0.05, 0) is 49.6 Å². The first-order chi connectivity index (χ1) is 13.9. The number of nitrogens with zero attached hydrogens (tertiary/aromatic N) is 2. The summed E-state index contributed by atoms with van der Waals surface area (Å²) in [7, 11) is 0. The lowest BCUT2D eigenvalue weighted by Gasteiger charge is -2.30. The Kier molecular flexibility index (Phi) is 6.57. The predicted molar refractivity (Wildman–Crippen MR) is 113 cm³/mol. The van der Waals surface area contributed by atoms with E-state index >= 15 is 0 Å². The van der Waals surface area contributed by atoms with E-state index in [1.807, 2.05) is 12.1 Å². The summed E-state index contributed by atoms with van der Waals surface area (Å²) in [5, 5.41) is 12.7. The summed E-state index contributed by atoms with van der Waals surface area (Å²) < 4.78 is 5.40. The van der Waals surface area contributed by atoms with Crippen LogP contribution in [0.5, 0.6) is 0 Å². The summed E-state index contributed by atoms with van der Waals surface area (Å²) in [6.45, 7) is 6.29. The van der Waals surface area contributed by atoms with Crippen LogP contribution >= 0.6 is 11.6 Å². The van der Waals surface area contributed by atoms with Crippen molar-refractivity contribution >= 4 is 28.9 Å². The summed E-state index contributed by atoms with van der Waals surface area (Å²) in [5.74, 6) is -0.162. The minimum Gasteiger partial charge on any atom is -0.378 e. The van der Waals surface area contributed by atoms with Crippen LogP contribution in [0.25, 0.3) is 0 Å². The summed E-state index contributed by atoms with van der Waals surface area (Å²) in [4.78, 5) is 29.3. The number of carbonyl (C=O) groups is 1. The van der Waals surface area contributed by atoms with Gasteiger partial charge in [0.05, 0.1) is 24.6 Å². The first-order valence-electron chi connectivity index (χ1n) is 9.45. The molecule has 8 heteroatoms. The number of nitriles is 1. The smallest absolute Gasteiger partial charge is 0.266 e. The molecule has 1 aromatic carbocycles. The quantitative estimate of drug-likeness (QED) is 0.783. The van der Waals surface area contributed by atoms with Gasteiger partial charge in [-0.2, -0.15) is 5.26 Å². The Morgan fingerprint density at radius 3 is 2.76 bits per heavy atom. The van der Waals surface area contributed by atoms with Gasteiger partial charge >= 0.3 is 0 Å². The molecule has 2 N–H and O–H groups in total. The second-order valence-corrected chi connectivity index (χ2v) is 7.41. The molecule has 152 valence electrons. The zero-order valence-electron chi connectivity index (χ0n) is 16.5. The molecule has 0 spiro atoms. The van der Waals surface area contributed by atoms with E-state index in [0.717, 1.165) is 24.3 Å². The number of amides is 1. The summed E-state index contributed by atoms with van der Waals surface area (Å²) in [6.07, 6.45) is 0.635. The molecule has 1 amide bonds. The van der Waals surface area contributed by atoms with Crippen LogP contribution in [0.1, 0.15) is 28.8 Å². The van der Waals surface area contributed by atoms with Crippen LogP contribution < -0.4 is 15.8 Å². The molecule has 7 nitrogen and oxygen atoms in total. The lowest BCUT2D eigenvalue weighted by molar-refractivity contribution is -0.116. The highest BCUT2D eigenvalue weighted by Gasteiger charge is 2.18. The Hall–Kier alpha value is -2.82. The molecule has 0 saturated carbocycles. The van der Waals surface area contributed by atoms with Crippen molar-refractivity contribution in [1.29, 1.82) is 5.26 Å². The first-order valence-corrected chi connectivity index (χ1v) is 9.83. The van der Waals surface area contributed by atoms with E-state index < -0.39 is 5.56 Å². The molecule has 3 rings (SSSR count). The molecule has 0 bridgehead atoms. The second kappa shape index (κ2) is 9.12. The van der Waals surface area contributed by atoms with Crippen LogP contribution in [0.15, 0.2) is 23.0 Å². The number of benzene rings is 1. The number of H-pyrrole nitrogens is 1. The van der Waals surface area contributed by atoms with Gasteiger partial charge in [-0.1, -0.05) is 11.6 Å². The molecule has 0 atom stereocenters. The highest BCUT2D eigenvalue weighted by molar-refractivity contribution is 6.31. The minimum absolute atomic E-state index is 0.0930. The number of ether oxygens (including phenoxy) is 1. The number of carbonyl (C=O) groups excluding carboxylic acids is 1. The number of rotatable bonds is 5. The van der Waals surface area contributed by atoms with Gasteiger partial charge in [-0.3, -0.25) is 9.59 Å². The number of anilines is 2. The lowest BCUT2D eigenvalue weighted by Crippen LogP contribution is -2.36. The molecule has 0 aliphatic carbocycles. The second-order valence-electron chi connectivity index (χ2n) is 6.98. The van der Waals surface area contributed by atoms with Gasteiger partial charge in [0.2, 0.25) is 5.91 Å². The normalized spacial score (nSPS) is 13.8. The molecule has 2 heterocycles. The Morgan fingerprint density at radius 1 is 1.34 bits per heavy atom. The third-order valence-electron chi connectivity index (χ3n) is 5.11. The van der Waals surface area contributed by atoms with Gasteiger partial charge in [-0.25, -0.2) is 0 Å². The standard InChI is InChI=1S/C21H23ClN4O3/c1-13-16(14(2)24-21(28)17(13)12-23)4-6-20(27)25-18-11-15(22)3-5-19(18)26-7-9-29-10-8-26/h3,5,11H,4,6-10H2,1-2H3,(H,24,28)(H,25,27). The molecule has 1 aliphatic rings. The van der Waals surface area contributed by atoms with E-state index in [1.165, 1.54) is 0 Å². The van der Waals surface area contributed by atoms with Crippen molar-refractivity contribution in [2.24, 2.45) is 0 Å². The van der Waals surface area contributed by atoms with Crippen LogP contribution in [-0.4, -0.2) is 37.2 Å². The Bertz CT molecular complexity index is 1020. The van der Waals surface area contributed by atoms with Crippen molar-refractivity contribution in [2.75, 3.05) is 36.5 Å². The maximum absolute atomic E-state index is 12.6. The third kappa shape index (κ3) is 4.78. The van der Waals surface area contributed by atoms with Crippen molar-refractivity contribution < 1.29 is 9.53 Å². The molecule has 1 saturated heterocycles. The Morgan fingerprint density at radius 2 is 2.07 bits per heavy atom. The summed E-state index contributed by atoms with van der Waals surface area (Å²) >= 11 is 6.14. The molecule has 1 aliphatic heterocycles. The van der Waals surface area contributed by atoms with Gasteiger partial charge in [0.15, 0.2) is 0 Å². The van der Waals surface area contributed by atoms with Crippen LogP contribution in [0.3, 0.4) is 0 Å². The fraction of sp³-hybridized carbons (Fsp3) is 0.381. The van der Waals surface area contributed by atoms with E-state index in [-0.39, 0.29) is 17.9 Å². The molecule has 29 heavy (non-hydrogen) atoms. The zero-order valence-corrected chi connectivity index (χ0v) is 17.2. The van der Waals surface area contributed by atoms with Crippen molar-refractivity contribution in [3.63, 3.8) is 0 Å². The van der Waals surface area contributed by atoms with Gasteiger partial charge in [-0.15, -0.1) is 0 Å². The van der Waals surface area contributed by atoms with Gasteiger partial charge in [0.25, 0.3) is 5.56 Å². The van der Waals surface area contributed by atoms with Gasteiger partial charge < -0.3 is 19.9 Å². The van der Waals surface area contributed by atoms with Gasteiger partial charge in [0.1, 0.15) is 11.6 Å². The third-order valence-corrected chi connectivity index (χ3v) is 5.34. The van der Waals surface area contributed by atoms with Crippen LogP contribution in [0, 0.1) is 25.2 Å². The maximum Gasteiger partial charge on any atom is 0.266 e. The Balaban J connectivity index is 1.75. The highest BCUT2D eigenvalue weighted by Crippen LogP contribution is 2.30. The van der Waals surface area contributed by atoms with E-state index in [9.17, 15) is 14.9 Å². The van der Waals surface area contributed by atoms with Crippen molar-refractivity contribution in [2.45, 2.75) is 26.7 Å². The molecule has 0 unspecified atom stereocenters. The van der Waals surface area contributed by atoms with Gasteiger partial charge in [0, 0.05) is 30.2 Å². The average molecular weight is 415 g/mol. The maximum atomic E-state index is 12.6. The lowest BCUT2D eigenvalue weighted by atomic mass is 9.99. The molecular weight excluding hydrogens is 392 g/mol. The number of morpholine rings is 1. The van der Waals surface area contributed by atoms with Crippen molar-refractivity contribution in [1.82, 2.24) is 4.98 Å². The van der Waals surface area contributed by atoms with E-state index in [0.29, 0.717) is 41.6 Å². The monoisotopic (exact) mass is 414 g/mol. The summed E-state index contributed by atoms with van der Waals surface area (Å²) in [5.41, 5.74) is 3.39. The molecule has 1 fully saturated rings. The minimum atomic E-state index is -0.398. The van der Waals surface area contributed by atoms with E-state index in [1.54, 1.807) is 26.0 Å². The van der Waals surface area contributed by atoms with Crippen LogP contribution in [-0.2, 0) is 16.0 Å². The number of aromatic nitrogens is 1. The number of hydrogen-bond acceptors (Lipinski definition) is 5. The number of hydrogen-bond donors (Lipinski definition) is 2. The van der Waals surface area contributed by atoms with Crippen LogP contribution in [0.2, 0.25) is 5.02 Å². The molecule has 2 aromatic rings. The first kappa shape index (κ1) is 20.9. The van der Waals surface area contributed by atoms with Crippen LogP contribution in [0.4, 0.5) is 11.4 Å². The Labute approximate surface area is 174 Å². The number of pyridine rings is 1.